The minimum Gasteiger partial charge on any atom is -0.316 e. The number of fused-ring (bicyclic) bond motifs is 1. The lowest BCUT2D eigenvalue weighted by atomic mass is 9.81. The Morgan fingerprint density at radius 3 is 2.68 bits per heavy atom. The fourth-order valence-corrected chi connectivity index (χ4v) is 3.58. The van der Waals surface area contributed by atoms with Crippen LogP contribution in [0.3, 0.4) is 0 Å². The van der Waals surface area contributed by atoms with Crippen molar-refractivity contribution in [2.45, 2.75) is 39.5 Å². The maximum Gasteiger partial charge on any atom is 0.0345 e. The van der Waals surface area contributed by atoms with Crippen molar-refractivity contribution in [3.63, 3.8) is 0 Å². The molecule has 0 unspecified atom stereocenters. The van der Waals surface area contributed by atoms with Crippen molar-refractivity contribution >= 4 is 21.4 Å². The summed E-state index contributed by atoms with van der Waals surface area (Å²) in [4.78, 5) is 0. The van der Waals surface area contributed by atoms with Crippen LogP contribution in [0.15, 0.2) is 29.6 Å². The molecule has 1 nitrogen and oxygen atoms in total. The number of thiophene rings is 1. The topological polar surface area (TPSA) is 12.0 Å². The molecule has 0 atom stereocenters. The molecule has 1 aromatic carbocycles. The Labute approximate surface area is 121 Å². The molecule has 2 heteroatoms. The molecule has 0 spiro atoms. The first-order chi connectivity index (χ1) is 9.00. The van der Waals surface area contributed by atoms with Gasteiger partial charge in [0.25, 0.3) is 0 Å². The molecule has 19 heavy (non-hydrogen) atoms. The molecule has 104 valence electrons. The average molecular weight is 275 g/mol. The summed E-state index contributed by atoms with van der Waals surface area (Å²) in [6.07, 6.45) is 1.18. The molecule has 1 N–H and O–H groups in total. The summed E-state index contributed by atoms with van der Waals surface area (Å²) in [6, 6.07) is 8.74. The van der Waals surface area contributed by atoms with Crippen LogP contribution in [0, 0.1) is 5.92 Å². The predicted octanol–water partition coefficient (Wildman–Crippen LogP) is 4.81. The fraction of sp³-hybridized carbons (Fsp3) is 0.529. The van der Waals surface area contributed by atoms with Crippen LogP contribution in [-0.4, -0.2) is 13.1 Å². The molecule has 0 saturated heterocycles. The molecule has 0 fully saturated rings. The molecule has 2 aromatic rings. The van der Waals surface area contributed by atoms with Gasteiger partial charge in [0, 0.05) is 4.70 Å². The SMILES string of the molecule is CC(C)CNCCC(C)(C)c1csc2ccccc12. The molecule has 0 aliphatic heterocycles. The second-order valence-corrected chi connectivity index (χ2v) is 7.29. The number of hydrogen-bond donors (Lipinski definition) is 1. The highest BCUT2D eigenvalue weighted by Gasteiger charge is 2.23. The van der Waals surface area contributed by atoms with Gasteiger partial charge in [-0.05, 0) is 53.2 Å². The molecule has 1 heterocycles. The minimum atomic E-state index is 0.240. The molecule has 0 aliphatic carbocycles. The molecule has 1 aromatic heterocycles. The van der Waals surface area contributed by atoms with E-state index in [1.165, 1.54) is 22.1 Å². The number of benzene rings is 1. The Bertz CT molecular complexity index is 525. The Morgan fingerprint density at radius 2 is 1.95 bits per heavy atom. The molecule has 0 amide bonds. The summed E-state index contributed by atoms with van der Waals surface area (Å²) in [5.41, 5.74) is 1.74. The average Bonchev–Trinajstić information content (AvgIpc) is 2.79. The van der Waals surface area contributed by atoms with E-state index in [1.54, 1.807) is 0 Å². The molecular formula is C17H25NS. The van der Waals surface area contributed by atoms with E-state index in [2.05, 4.69) is 62.7 Å². The zero-order valence-electron chi connectivity index (χ0n) is 12.5. The van der Waals surface area contributed by atoms with Crippen LogP contribution in [-0.2, 0) is 5.41 Å². The van der Waals surface area contributed by atoms with E-state index >= 15 is 0 Å². The van der Waals surface area contributed by atoms with Crippen LogP contribution in [0.25, 0.3) is 10.1 Å². The first-order valence-electron chi connectivity index (χ1n) is 7.18. The number of hydrogen-bond acceptors (Lipinski definition) is 2. The van der Waals surface area contributed by atoms with Crippen molar-refractivity contribution in [3.8, 4) is 0 Å². The van der Waals surface area contributed by atoms with Crippen molar-refractivity contribution in [3.05, 3.63) is 35.2 Å². The van der Waals surface area contributed by atoms with Crippen molar-refractivity contribution in [1.82, 2.24) is 5.32 Å². The van der Waals surface area contributed by atoms with Crippen LogP contribution in [0.5, 0.6) is 0 Å². The van der Waals surface area contributed by atoms with Gasteiger partial charge in [0.05, 0.1) is 0 Å². The van der Waals surface area contributed by atoms with E-state index in [0.717, 1.165) is 19.0 Å². The second-order valence-electron chi connectivity index (χ2n) is 6.38. The zero-order chi connectivity index (χ0) is 13.9. The first kappa shape index (κ1) is 14.5. The third-order valence-corrected chi connectivity index (χ3v) is 4.65. The van der Waals surface area contributed by atoms with Gasteiger partial charge in [-0.1, -0.05) is 45.9 Å². The highest BCUT2D eigenvalue weighted by atomic mass is 32.1. The monoisotopic (exact) mass is 275 g/mol. The highest BCUT2D eigenvalue weighted by Crippen LogP contribution is 2.36. The number of rotatable bonds is 6. The smallest absolute Gasteiger partial charge is 0.0345 e. The molecular weight excluding hydrogens is 250 g/mol. The van der Waals surface area contributed by atoms with Gasteiger partial charge in [-0.25, -0.2) is 0 Å². The van der Waals surface area contributed by atoms with Gasteiger partial charge < -0.3 is 5.32 Å². The van der Waals surface area contributed by atoms with E-state index in [1.807, 2.05) is 11.3 Å². The molecule has 2 rings (SSSR count). The second kappa shape index (κ2) is 6.06. The third kappa shape index (κ3) is 3.58. The van der Waals surface area contributed by atoms with Gasteiger partial charge in [0.2, 0.25) is 0 Å². The molecule has 0 saturated carbocycles. The van der Waals surface area contributed by atoms with E-state index in [4.69, 9.17) is 0 Å². The predicted molar refractivity (Wildman–Crippen MR) is 87.2 cm³/mol. The summed E-state index contributed by atoms with van der Waals surface area (Å²) in [5, 5.41) is 7.33. The fourth-order valence-electron chi connectivity index (χ4n) is 2.43. The van der Waals surface area contributed by atoms with E-state index in [0.29, 0.717) is 0 Å². The summed E-state index contributed by atoms with van der Waals surface area (Å²) in [5.74, 6) is 0.727. The lowest BCUT2D eigenvalue weighted by molar-refractivity contribution is 0.445. The minimum absolute atomic E-state index is 0.240. The van der Waals surface area contributed by atoms with Crippen molar-refractivity contribution < 1.29 is 0 Å². The van der Waals surface area contributed by atoms with Crippen LogP contribution < -0.4 is 5.32 Å². The quantitative estimate of drug-likeness (QED) is 0.746. The normalized spacial score (nSPS) is 12.5. The van der Waals surface area contributed by atoms with Gasteiger partial charge in [0.15, 0.2) is 0 Å². The van der Waals surface area contributed by atoms with E-state index < -0.39 is 0 Å². The van der Waals surface area contributed by atoms with Crippen molar-refractivity contribution in [2.75, 3.05) is 13.1 Å². The van der Waals surface area contributed by atoms with E-state index in [9.17, 15) is 0 Å². The van der Waals surface area contributed by atoms with Gasteiger partial charge in [0.1, 0.15) is 0 Å². The Kier molecular flexibility index (Phi) is 4.64. The van der Waals surface area contributed by atoms with Crippen LogP contribution in [0.4, 0.5) is 0 Å². The van der Waals surface area contributed by atoms with Crippen LogP contribution in [0.1, 0.15) is 39.7 Å². The Morgan fingerprint density at radius 1 is 1.21 bits per heavy atom. The third-order valence-electron chi connectivity index (χ3n) is 3.69. The van der Waals surface area contributed by atoms with Gasteiger partial charge in [-0.15, -0.1) is 11.3 Å². The Balaban J connectivity index is 2.06. The molecule has 0 radical (unpaired) electrons. The summed E-state index contributed by atoms with van der Waals surface area (Å²) in [7, 11) is 0. The largest absolute Gasteiger partial charge is 0.316 e. The molecule has 0 aliphatic rings. The summed E-state index contributed by atoms with van der Waals surface area (Å²) < 4.78 is 1.40. The van der Waals surface area contributed by atoms with Gasteiger partial charge >= 0.3 is 0 Å². The van der Waals surface area contributed by atoms with Gasteiger partial charge in [-0.3, -0.25) is 0 Å². The van der Waals surface area contributed by atoms with Crippen molar-refractivity contribution in [2.24, 2.45) is 5.92 Å². The number of nitrogens with one attached hydrogen (secondary N) is 1. The zero-order valence-corrected chi connectivity index (χ0v) is 13.3. The van der Waals surface area contributed by atoms with Crippen LogP contribution in [0.2, 0.25) is 0 Å². The van der Waals surface area contributed by atoms with Gasteiger partial charge in [-0.2, -0.15) is 0 Å². The lowest BCUT2D eigenvalue weighted by Crippen LogP contribution is -2.27. The standard InChI is InChI=1S/C17H25NS/c1-13(2)11-18-10-9-17(3,4)15-12-19-16-8-6-5-7-14(15)16/h5-8,12-13,18H,9-11H2,1-4H3. The summed E-state index contributed by atoms with van der Waals surface area (Å²) >= 11 is 1.86. The van der Waals surface area contributed by atoms with Crippen molar-refractivity contribution in [1.29, 1.82) is 0 Å². The first-order valence-corrected chi connectivity index (χ1v) is 8.06. The van der Waals surface area contributed by atoms with E-state index in [-0.39, 0.29) is 5.41 Å². The summed E-state index contributed by atoms with van der Waals surface area (Å²) in [6.45, 7) is 11.4. The molecule has 0 bridgehead atoms. The lowest BCUT2D eigenvalue weighted by Gasteiger charge is -2.25. The maximum absolute atomic E-state index is 3.55. The van der Waals surface area contributed by atoms with Crippen LogP contribution >= 0.6 is 11.3 Å². The maximum atomic E-state index is 3.55. The Hall–Kier alpha value is -0.860. The highest BCUT2D eigenvalue weighted by molar-refractivity contribution is 7.17.